The molecule has 0 fully saturated rings. The number of nitrogens with zero attached hydrogens (tertiary/aromatic N) is 1. The highest BCUT2D eigenvalue weighted by Crippen LogP contribution is 2.37. The molecule has 1 aliphatic rings. The van der Waals surface area contributed by atoms with E-state index in [1.54, 1.807) is 21.3 Å². The monoisotopic (exact) mass is 552 g/mol. The molecule has 1 aromatic heterocycles. The molecule has 7 heteroatoms. The van der Waals surface area contributed by atoms with Crippen molar-refractivity contribution < 1.29 is 23.7 Å². The van der Waals surface area contributed by atoms with Crippen LogP contribution in [-0.2, 0) is 19.6 Å². The Kier molecular flexibility index (Phi) is 9.06. The summed E-state index contributed by atoms with van der Waals surface area (Å²) in [6, 6.07) is 24.0. The van der Waals surface area contributed by atoms with Gasteiger partial charge in [-0.2, -0.15) is 0 Å². The summed E-state index contributed by atoms with van der Waals surface area (Å²) in [5.74, 6) is 3.37. The lowest BCUT2D eigenvalue weighted by atomic mass is 9.92. The van der Waals surface area contributed by atoms with Crippen molar-refractivity contribution in [2.45, 2.75) is 32.6 Å². The highest BCUT2D eigenvalue weighted by atomic mass is 16.5. The largest absolute Gasteiger partial charge is 0.493 e. The topological polar surface area (TPSA) is 71.1 Å². The standard InChI is InChI=1S/C34H36N2O5/c1-23-17-30(37-2)32(41-22-27-11-8-12-34(36-27)39-4)18-25(23)13-14-29-28-20-31(38-3)33(19-26(28)15-16-35-29)40-21-24-9-6-5-7-10-24/h5-14,17-20,29,35H,15-16,21-22H2,1-4H3/b14-13+. The summed E-state index contributed by atoms with van der Waals surface area (Å²) in [6.07, 6.45) is 5.23. The lowest BCUT2D eigenvalue weighted by molar-refractivity contribution is 0.278. The summed E-state index contributed by atoms with van der Waals surface area (Å²) < 4.78 is 28.9. The normalized spacial score (nSPS) is 14.4. The lowest BCUT2D eigenvalue weighted by Crippen LogP contribution is -2.28. The van der Waals surface area contributed by atoms with E-state index in [1.165, 1.54) is 11.1 Å². The van der Waals surface area contributed by atoms with Gasteiger partial charge >= 0.3 is 0 Å². The minimum absolute atomic E-state index is 0.0303. The lowest BCUT2D eigenvalue weighted by Gasteiger charge is -2.26. The Balaban J connectivity index is 1.35. The number of fused-ring (bicyclic) bond motifs is 1. The fourth-order valence-corrected chi connectivity index (χ4v) is 4.91. The Bertz CT molecular complexity index is 1500. The average molecular weight is 553 g/mol. The molecule has 3 aromatic carbocycles. The predicted octanol–water partition coefficient (Wildman–Crippen LogP) is 6.47. The van der Waals surface area contributed by atoms with E-state index in [0.717, 1.165) is 46.8 Å². The van der Waals surface area contributed by atoms with E-state index < -0.39 is 0 Å². The van der Waals surface area contributed by atoms with Crippen molar-refractivity contribution in [2.75, 3.05) is 27.9 Å². The van der Waals surface area contributed by atoms with Crippen LogP contribution in [0.4, 0.5) is 0 Å². The van der Waals surface area contributed by atoms with Crippen molar-refractivity contribution in [3.05, 3.63) is 112 Å². The van der Waals surface area contributed by atoms with Crippen LogP contribution in [0, 0.1) is 6.92 Å². The van der Waals surface area contributed by atoms with Gasteiger partial charge in [-0.3, -0.25) is 0 Å². The van der Waals surface area contributed by atoms with Gasteiger partial charge in [-0.15, -0.1) is 0 Å². The maximum atomic E-state index is 6.16. The summed E-state index contributed by atoms with van der Waals surface area (Å²) in [4.78, 5) is 4.44. The Labute approximate surface area is 241 Å². The van der Waals surface area contributed by atoms with Crippen LogP contribution < -0.4 is 29.0 Å². The highest BCUT2D eigenvalue weighted by Gasteiger charge is 2.21. The molecule has 41 heavy (non-hydrogen) atoms. The molecule has 7 nitrogen and oxygen atoms in total. The minimum Gasteiger partial charge on any atom is -0.493 e. The number of aryl methyl sites for hydroxylation is 1. The van der Waals surface area contributed by atoms with E-state index in [9.17, 15) is 0 Å². The first kappa shape index (κ1) is 28.1. The zero-order chi connectivity index (χ0) is 28.6. The highest BCUT2D eigenvalue weighted by molar-refractivity contribution is 5.61. The first-order valence-electron chi connectivity index (χ1n) is 13.7. The third-order valence-electron chi connectivity index (χ3n) is 7.14. The second-order valence-corrected chi connectivity index (χ2v) is 9.84. The van der Waals surface area contributed by atoms with Gasteiger partial charge in [-0.1, -0.05) is 48.6 Å². The molecule has 212 valence electrons. The van der Waals surface area contributed by atoms with Crippen LogP contribution in [0.1, 0.15) is 39.6 Å². The molecule has 0 aliphatic carbocycles. The van der Waals surface area contributed by atoms with Gasteiger partial charge in [-0.05, 0) is 71.5 Å². The Morgan fingerprint density at radius 1 is 0.805 bits per heavy atom. The Morgan fingerprint density at radius 3 is 2.34 bits per heavy atom. The molecule has 0 spiro atoms. The third kappa shape index (κ3) is 6.81. The molecular formula is C34H36N2O5. The number of benzene rings is 3. The van der Waals surface area contributed by atoms with Gasteiger partial charge in [0.2, 0.25) is 5.88 Å². The van der Waals surface area contributed by atoms with E-state index in [2.05, 4.69) is 53.6 Å². The molecule has 0 saturated carbocycles. The van der Waals surface area contributed by atoms with Crippen LogP contribution in [-0.4, -0.2) is 32.9 Å². The van der Waals surface area contributed by atoms with Gasteiger partial charge in [0, 0.05) is 12.6 Å². The summed E-state index contributed by atoms with van der Waals surface area (Å²) in [7, 11) is 4.93. The van der Waals surface area contributed by atoms with Gasteiger partial charge < -0.3 is 29.0 Å². The van der Waals surface area contributed by atoms with Crippen molar-refractivity contribution in [1.82, 2.24) is 10.3 Å². The van der Waals surface area contributed by atoms with Gasteiger partial charge in [0.1, 0.15) is 13.2 Å². The van der Waals surface area contributed by atoms with Crippen LogP contribution in [0.15, 0.2) is 78.9 Å². The van der Waals surface area contributed by atoms with Crippen molar-refractivity contribution in [2.24, 2.45) is 0 Å². The number of pyridine rings is 1. The summed E-state index contributed by atoms with van der Waals surface area (Å²) >= 11 is 0. The molecule has 0 amide bonds. The molecule has 1 atom stereocenters. The fraction of sp³-hybridized carbons (Fsp3) is 0.265. The van der Waals surface area contributed by atoms with E-state index in [0.29, 0.717) is 30.6 Å². The van der Waals surface area contributed by atoms with E-state index in [4.69, 9.17) is 23.7 Å². The number of aromatic nitrogens is 1. The SMILES string of the molecule is COc1cccc(COc2cc(/C=C/C3NCCc4cc(OCc5ccccc5)c(OC)cc43)c(C)cc2OC)n1. The molecule has 5 rings (SSSR count). The zero-order valence-electron chi connectivity index (χ0n) is 24.0. The van der Waals surface area contributed by atoms with Gasteiger partial charge in [0.15, 0.2) is 23.0 Å². The maximum Gasteiger partial charge on any atom is 0.213 e. The van der Waals surface area contributed by atoms with Crippen LogP contribution >= 0.6 is 0 Å². The van der Waals surface area contributed by atoms with Gasteiger partial charge in [0.25, 0.3) is 0 Å². The fourth-order valence-electron chi connectivity index (χ4n) is 4.91. The first-order valence-corrected chi connectivity index (χ1v) is 13.7. The van der Waals surface area contributed by atoms with Gasteiger partial charge in [0.05, 0.1) is 33.1 Å². The molecule has 2 heterocycles. The summed E-state index contributed by atoms with van der Waals surface area (Å²) in [6.45, 7) is 3.73. The van der Waals surface area contributed by atoms with E-state index in [-0.39, 0.29) is 6.04 Å². The Hall–Kier alpha value is -4.49. The molecule has 0 radical (unpaired) electrons. The molecule has 0 bridgehead atoms. The number of ether oxygens (including phenoxy) is 5. The van der Waals surface area contributed by atoms with Crippen molar-refractivity contribution in [1.29, 1.82) is 0 Å². The zero-order valence-corrected chi connectivity index (χ0v) is 24.0. The molecule has 1 aliphatic heterocycles. The van der Waals surface area contributed by atoms with Gasteiger partial charge in [-0.25, -0.2) is 4.98 Å². The van der Waals surface area contributed by atoms with E-state index >= 15 is 0 Å². The second-order valence-electron chi connectivity index (χ2n) is 9.84. The Morgan fingerprint density at radius 2 is 1.56 bits per heavy atom. The van der Waals surface area contributed by atoms with Crippen molar-refractivity contribution in [3.8, 4) is 28.9 Å². The van der Waals surface area contributed by atoms with E-state index in [1.807, 2.05) is 48.5 Å². The average Bonchev–Trinajstić information content (AvgIpc) is 3.02. The molecule has 1 unspecified atom stereocenters. The van der Waals surface area contributed by atoms with Crippen molar-refractivity contribution >= 4 is 6.08 Å². The number of rotatable bonds is 11. The molecule has 0 saturated heterocycles. The summed E-state index contributed by atoms with van der Waals surface area (Å²) in [5, 5.41) is 3.63. The van der Waals surface area contributed by atoms with Crippen LogP contribution in [0.5, 0.6) is 28.9 Å². The number of methoxy groups -OCH3 is 3. The number of hydrogen-bond acceptors (Lipinski definition) is 7. The summed E-state index contributed by atoms with van der Waals surface area (Å²) in [5.41, 5.74) is 6.46. The quantitative estimate of drug-likeness (QED) is 0.229. The maximum absolute atomic E-state index is 6.16. The minimum atomic E-state index is 0.0303. The molecular weight excluding hydrogens is 516 g/mol. The van der Waals surface area contributed by atoms with Crippen molar-refractivity contribution in [3.63, 3.8) is 0 Å². The van der Waals surface area contributed by atoms with Crippen LogP contribution in [0.2, 0.25) is 0 Å². The molecule has 1 N–H and O–H groups in total. The first-order chi connectivity index (χ1) is 20.1. The van der Waals surface area contributed by atoms with Crippen LogP contribution in [0.3, 0.4) is 0 Å². The predicted molar refractivity (Wildman–Crippen MR) is 160 cm³/mol. The second kappa shape index (κ2) is 13.2. The smallest absolute Gasteiger partial charge is 0.213 e. The van der Waals surface area contributed by atoms with Crippen LogP contribution in [0.25, 0.3) is 6.08 Å². The number of nitrogens with one attached hydrogen (secondary N) is 1. The third-order valence-corrected chi connectivity index (χ3v) is 7.14. The molecule has 4 aromatic rings. The number of hydrogen-bond donors (Lipinski definition) is 1.